The fourth-order valence-corrected chi connectivity index (χ4v) is 4.86. The van der Waals surface area contributed by atoms with Gasteiger partial charge in [-0.2, -0.15) is 0 Å². The van der Waals surface area contributed by atoms with Crippen molar-refractivity contribution < 1.29 is 27.5 Å². The summed E-state index contributed by atoms with van der Waals surface area (Å²) < 4.78 is 38.4. The first-order valence-electron chi connectivity index (χ1n) is 12.3. The summed E-state index contributed by atoms with van der Waals surface area (Å²) in [7, 11) is -3.82. The molecule has 0 saturated carbocycles. The molecule has 0 radical (unpaired) electrons. The molecule has 9 nitrogen and oxygen atoms in total. The molecule has 0 fully saturated rings. The molecule has 0 saturated heterocycles. The lowest BCUT2D eigenvalue weighted by Crippen LogP contribution is -2.51. The molecule has 2 aromatic rings. The van der Waals surface area contributed by atoms with Crippen LogP contribution in [0.4, 0.5) is 5.69 Å². The summed E-state index contributed by atoms with van der Waals surface area (Å²) >= 11 is 0. The summed E-state index contributed by atoms with van der Waals surface area (Å²) in [6.07, 6.45) is 1.76. The molecule has 36 heavy (non-hydrogen) atoms. The normalized spacial score (nSPS) is 13.5. The van der Waals surface area contributed by atoms with Gasteiger partial charge in [0.2, 0.25) is 21.8 Å². The maximum absolute atomic E-state index is 13.6. The Morgan fingerprint density at radius 2 is 1.72 bits per heavy atom. The number of hydrogen-bond acceptors (Lipinski definition) is 6. The monoisotopic (exact) mass is 517 g/mol. The van der Waals surface area contributed by atoms with Crippen molar-refractivity contribution in [3.8, 4) is 11.5 Å². The lowest BCUT2D eigenvalue weighted by molar-refractivity contribution is -0.139. The van der Waals surface area contributed by atoms with Crippen LogP contribution in [0.2, 0.25) is 0 Å². The van der Waals surface area contributed by atoms with E-state index in [1.54, 1.807) is 25.1 Å². The molecule has 0 aliphatic carbocycles. The molecule has 1 aliphatic rings. The Balaban J connectivity index is 1.90. The summed E-state index contributed by atoms with van der Waals surface area (Å²) in [5.74, 6) is -0.0121. The number of fused-ring (bicyclic) bond motifs is 1. The van der Waals surface area contributed by atoms with Gasteiger partial charge in [0.15, 0.2) is 11.5 Å². The molecule has 0 aromatic heterocycles. The average Bonchev–Trinajstić information content (AvgIpc) is 2.90. The zero-order valence-corrected chi connectivity index (χ0v) is 21.9. The highest BCUT2D eigenvalue weighted by molar-refractivity contribution is 7.92. The number of ether oxygens (including phenoxy) is 2. The number of anilines is 1. The minimum Gasteiger partial charge on any atom is -0.486 e. The Hall–Kier alpha value is -3.27. The van der Waals surface area contributed by atoms with Crippen LogP contribution in [-0.4, -0.2) is 63.2 Å². The molecule has 1 atom stereocenters. The number of carbonyl (C=O) groups is 2. The van der Waals surface area contributed by atoms with Gasteiger partial charge >= 0.3 is 0 Å². The van der Waals surface area contributed by atoms with E-state index in [2.05, 4.69) is 5.32 Å². The fourth-order valence-electron chi connectivity index (χ4n) is 3.81. The van der Waals surface area contributed by atoms with E-state index in [0.29, 0.717) is 36.9 Å². The van der Waals surface area contributed by atoms with Gasteiger partial charge in [0.05, 0.1) is 11.4 Å². The number of rotatable bonds is 12. The standard InChI is InChI=1S/C26H35N3O6S/c1-4-6-14-27-26(31)20(3)28(18-21-10-8-7-9-11-21)25(30)19-29(36(32,33)5-2)22-12-13-23-24(17-22)35-16-15-34-23/h7-13,17,20H,4-6,14-16,18-19H2,1-3H3,(H,27,31)/t20-/m0/s1. The second-order valence-corrected chi connectivity index (χ2v) is 10.7. The van der Waals surface area contributed by atoms with E-state index >= 15 is 0 Å². The van der Waals surface area contributed by atoms with E-state index in [4.69, 9.17) is 9.47 Å². The van der Waals surface area contributed by atoms with Crippen LogP contribution < -0.4 is 19.1 Å². The second kappa shape index (κ2) is 12.6. The third kappa shape index (κ3) is 6.90. The Bertz CT molecular complexity index is 1140. The molecule has 0 unspecified atom stereocenters. The van der Waals surface area contributed by atoms with Crippen LogP contribution in [0.25, 0.3) is 0 Å². The molecule has 1 heterocycles. The minimum absolute atomic E-state index is 0.170. The summed E-state index contributed by atoms with van der Waals surface area (Å²) in [4.78, 5) is 27.9. The number of benzene rings is 2. The van der Waals surface area contributed by atoms with E-state index in [0.717, 1.165) is 22.7 Å². The zero-order chi connectivity index (χ0) is 26.1. The van der Waals surface area contributed by atoms with Gasteiger partial charge in [0.25, 0.3) is 0 Å². The first kappa shape index (κ1) is 27.3. The topological polar surface area (TPSA) is 105 Å². The van der Waals surface area contributed by atoms with Crippen LogP contribution in [0.5, 0.6) is 11.5 Å². The Morgan fingerprint density at radius 3 is 2.39 bits per heavy atom. The van der Waals surface area contributed by atoms with E-state index in [1.807, 2.05) is 37.3 Å². The van der Waals surface area contributed by atoms with Crippen molar-refractivity contribution in [2.24, 2.45) is 0 Å². The van der Waals surface area contributed by atoms with Crippen LogP contribution in [0.1, 0.15) is 39.2 Å². The molecule has 10 heteroatoms. The molecule has 0 spiro atoms. The first-order chi connectivity index (χ1) is 17.3. The highest BCUT2D eigenvalue weighted by atomic mass is 32.2. The molecule has 1 aliphatic heterocycles. The quantitative estimate of drug-likeness (QED) is 0.434. The number of sulfonamides is 1. The van der Waals surface area contributed by atoms with Gasteiger partial charge in [0, 0.05) is 19.2 Å². The van der Waals surface area contributed by atoms with Crippen molar-refractivity contribution in [2.75, 3.05) is 36.4 Å². The second-order valence-electron chi connectivity index (χ2n) is 8.56. The number of unbranched alkanes of at least 4 members (excludes halogenated alkanes) is 1. The Kier molecular flexibility index (Phi) is 9.58. The predicted octanol–water partition coefficient (Wildman–Crippen LogP) is 2.95. The summed E-state index contributed by atoms with van der Waals surface area (Å²) in [5, 5.41) is 2.87. The van der Waals surface area contributed by atoms with Crippen molar-refractivity contribution in [1.82, 2.24) is 10.2 Å². The molecule has 3 rings (SSSR count). The zero-order valence-electron chi connectivity index (χ0n) is 21.1. The largest absolute Gasteiger partial charge is 0.486 e. The Morgan fingerprint density at radius 1 is 1.03 bits per heavy atom. The third-order valence-electron chi connectivity index (χ3n) is 5.99. The molecule has 2 aromatic carbocycles. The first-order valence-corrected chi connectivity index (χ1v) is 13.9. The molecule has 2 amide bonds. The van der Waals surface area contributed by atoms with Crippen molar-refractivity contribution in [3.05, 3.63) is 54.1 Å². The van der Waals surface area contributed by atoms with Crippen LogP contribution in [0, 0.1) is 0 Å². The van der Waals surface area contributed by atoms with Crippen molar-refractivity contribution >= 4 is 27.5 Å². The molecular formula is C26H35N3O6S. The van der Waals surface area contributed by atoms with Crippen LogP contribution in [-0.2, 0) is 26.2 Å². The van der Waals surface area contributed by atoms with Crippen molar-refractivity contribution in [2.45, 2.75) is 46.2 Å². The molecule has 0 bridgehead atoms. The van der Waals surface area contributed by atoms with Gasteiger partial charge in [-0.15, -0.1) is 0 Å². The van der Waals surface area contributed by atoms with Gasteiger partial charge < -0.3 is 19.7 Å². The minimum atomic E-state index is -3.82. The van der Waals surface area contributed by atoms with E-state index in [1.165, 1.54) is 11.8 Å². The maximum atomic E-state index is 13.6. The number of hydrogen-bond donors (Lipinski definition) is 1. The lowest BCUT2D eigenvalue weighted by atomic mass is 10.1. The summed E-state index contributed by atoms with van der Waals surface area (Å²) in [6.45, 7) is 6.21. The van der Waals surface area contributed by atoms with Gasteiger partial charge in [-0.3, -0.25) is 13.9 Å². The van der Waals surface area contributed by atoms with Crippen LogP contribution >= 0.6 is 0 Å². The van der Waals surface area contributed by atoms with E-state index < -0.39 is 28.5 Å². The summed E-state index contributed by atoms with van der Waals surface area (Å²) in [6, 6.07) is 13.3. The van der Waals surface area contributed by atoms with E-state index in [9.17, 15) is 18.0 Å². The van der Waals surface area contributed by atoms with Gasteiger partial charge in [-0.25, -0.2) is 8.42 Å². The Labute approximate surface area is 213 Å². The number of amides is 2. The molecule has 1 N–H and O–H groups in total. The van der Waals surface area contributed by atoms with Gasteiger partial charge in [0.1, 0.15) is 25.8 Å². The number of nitrogens with zero attached hydrogens (tertiary/aromatic N) is 2. The molecular weight excluding hydrogens is 482 g/mol. The highest BCUT2D eigenvalue weighted by Crippen LogP contribution is 2.35. The lowest BCUT2D eigenvalue weighted by Gasteiger charge is -2.32. The van der Waals surface area contributed by atoms with Crippen LogP contribution in [0.3, 0.4) is 0 Å². The predicted molar refractivity (Wildman–Crippen MR) is 139 cm³/mol. The average molecular weight is 518 g/mol. The van der Waals surface area contributed by atoms with Crippen LogP contribution in [0.15, 0.2) is 48.5 Å². The number of nitrogens with one attached hydrogen (secondary N) is 1. The van der Waals surface area contributed by atoms with E-state index in [-0.39, 0.29) is 18.2 Å². The maximum Gasteiger partial charge on any atom is 0.244 e. The van der Waals surface area contributed by atoms with Gasteiger partial charge in [-0.05, 0) is 38.0 Å². The smallest absolute Gasteiger partial charge is 0.244 e. The van der Waals surface area contributed by atoms with Gasteiger partial charge in [-0.1, -0.05) is 43.7 Å². The highest BCUT2D eigenvalue weighted by Gasteiger charge is 2.31. The van der Waals surface area contributed by atoms with Crippen molar-refractivity contribution in [1.29, 1.82) is 0 Å². The fraction of sp³-hybridized carbons (Fsp3) is 0.462. The number of carbonyl (C=O) groups excluding carboxylic acids is 2. The third-order valence-corrected chi connectivity index (χ3v) is 7.73. The molecule has 196 valence electrons. The van der Waals surface area contributed by atoms with Crippen molar-refractivity contribution in [3.63, 3.8) is 0 Å². The summed E-state index contributed by atoms with van der Waals surface area (Å²) in [5.41, 5.74) is 1.14. The SMILES string of the molecule is CCCCNC(=O)[C@H](C)N(Cc1ccccc1)C(=O)CN(c1ccc2c(c1)OCCO2)S(=O)(=O)CC.